The molecular formula is C15H32N2S. The number of nitrogens with one attached hydrogen (secondary N) is 1. The predicted octanol–water partition coefficient (Wildman–Crippen LogP) is 3.37. The molecule has 0 amide bonds. The summed E-state index contributed by atoms with van der Waals surface area (Å²) < 4.78 is 0. The third kappa shape index (κ3) is 7.01. The van der Waals surface area contributed by atoms with Crippen molar-refractivity contribution in [2.45, 2.75) is 65.0 Å². The standard InChI is InChI=1S/C15H32N2S/c1-5-18-12-8-11-17-10-7-6-9-14(17)13-16-15(2,3)4/h14,16H,5-13H2,1-4H3. The van der Waals surface area contributed by atoms with Crippen LogP contribution in [-0.4, -0.2) is 47.6 Å². The molecule has 1 aliphatic rings. The highest BCUT2D eigenvalue weighted by atomic mass is 32.2. The molecular weight excluding hydrogens is 240 g/mol. The average molecular weight is 273 g/mol. The molecule has 1 saturated heterocycles. The van der Waals surface area contributed by atoms with Crippen LogP contribution in [0.5, 0.6) is 0 Å². The normalized spacial score (nSPS) is 22.3. The van der Waals surface area contributed by atoms with Crippen molar-refractivity contribution < 1.29 is 0 Å². The van der Waals surface area contributed by atoms with E-state index in [4.69, 9.17) is 0 Å². The van der Waals surface area contributed by atoms with Crippen LogP contribution in [0, 0.1) is 0 Å². The fourth-order valence-corrected chi connectivity index (χ4v) is 3.15. The van der Waals surface area contributed by atoms with Crippen LogP contribution in [0.4, 0.5) is 0 Å². The highest BCUT2D eigenvalue weighted by Gasteiger charge is 2.23. The van der Waals surface area contributed by atoms with Crippen LogP contribution in [0.25, 0.3) is 0 Å². The van der Waals surface area contributed by atoms with E-state index < -0.39 is 0 Å². The van der Waals surface area contributed by atoms with Crippen molar-refractivity contribution in [1.29, 1.82) is 0 Å². The quantitative estimate of drug-likeness (QED) is 0.715. The molecule has 0 aromatic rings. The summed E-state index contributed by atoms with van der Waals surface area (Å²) in [7, 11) is 0. The molecule has 0 saturated carbocycles. The lowest BCUT2D eigenvalue weighted by Crippen LogP contribution is -2.49. The van der Waals surface area contributed by atoms with Crippen molar-refractivity contribution in [1.82, 2.24) is 10.2 Å². The van der Waals surface area contributed by atoms with Crippen LogP contribution >= 0.6 is 11.8 Å². The van der Waals surface area contributed by atoms with E-state index in [1.807, 2.05) is 0 Å². The fraction of sp³-hybridized carbons (Fsp3) is 1.00. The SMILES string of the molecule is CCSCCCN1CCCCC1CNC(C)(C)C. The van der Waals surface area contributed by atoms with E-state index in [-0.39, 0.29) is 5.54 Å². The molecule has 1 unspecified atom stereocenters. The molecule has 0 spiro atoms. The topological polar surface area (TPSA) is 15.3 Å². The lowest BCUT2D eigenvalue weighted by atomic mass is 10.0. The molecule has 1 atom stereocenters. The number of nitrogens with zero attached hydrogens (tertiary/aromatic N) is 1. The zero-order valence-corrected chi connectivity index (χ0v) is 13.6. The van der Waals surface area contributed by atoms with Crippen LogP contribution in [0.1, 0.15) is 53.4 Å². The first-order valence-electron chi connectivity index (χ1n) is 7.60. The van der Waals surface area contributed by atoms with Crippen molar-refractivity contribution in [2.24, 2.45) is 0 Å². The second-order valence-electron chi connectivity index (χ2n) is 6.37. The smallest absolute Gasteiger partial charge is 0.0220 e. The van der Waals surface area contributed by atoms with E-state index >= 15 is 0 Å². The van der Waals surface area contributed by atoms with E-state index in [1.165, 1.54) is 50.3 Å². The predicted molar refractivity (Wildman–Crippen MR) is 84.6 cm³/mol. The molecule has 1 heterocycles. The van der Waals surface area contributed by atoms with Gasteiger partial charge in [0, 0.05) is 18.1 Å². The van der Waals surface area contributed by atoms with Gasteiger partial charge in [0.1, 0.15) is 0 Å². The van der Waals surface area contributed by atoms with Crippen LogP contribution in [-0.2, 0) is 0 Å². The first kappa shape index (κ1) is 16.3. The van der Waals surface area contributed by atoms with Gasteiger partial charge in [0.15, 0.2) is 0 Å². The third-order valence-corrected chi connectivity index (χ3v) is 4.54. The van der Waals surface area contributed by atoms with Crippen LogP contribution in [0.2, 0.25) is 0 Å². The van der Waals surface area contributed by atoms with Gasteiger partial charge >= 0.3 is 0 Å². The van der Waals surface area contributed by atoms with Gasteiger partial charge in [-0.05, 0) is 64.6 Å². The Bertz CT molecular complexity index is 213. The van der Waals surface area contributed by atoms with Gasteiger partial charge in [-0.1, -0.05) is 13.3 Å². The van der Waals surface area contributed by atoms with Gasteiger partial charge in [0.2, 0.25) is 0 Å². The Morgan fingerprint density at radius 2 is 2.06 bits per heavy atom. The zero-order chi connectivity index (χ0) is 13.4. The van der Waals surface area contributed by atoms with Gasteiger partial charge < -0.3 is 5.32 Å². The van der Waals surface area contributed by atoms with Crippen molar-refractivity contribution in [3.05, 3.63) is 0 Å². The molecule has 1 fully saturated rings. The number of piperidine rings is 1. The Morgan fingerprint density at radius 3 is 2.72 bits per heavy atom. The largest absolute Gasteiger partial charge is 0.311 e. The summed E-state index contributed by atoms with van der Waals surface area (Å²) in [6.07, 6.45) is 5.54. The van der Waals surface area contributed by atoms with E-state index in [0.717, 1.165) is 12.6 Å². The zero-order valence-electron chi connectivity index (χ0n) is 12.8. The monoisotopic (exact) mass is 272 g/mol. The van der Waals surface area contributed by atoms with Gasteiger partial charge in [0.05, 0.1) is 0 Å². The van der Waals surface area contributed by atoms with E-state index in [2.05, 4.69) is 49.7 Å². The molecule has 1 rings (SSSR count). The second-order valence-corrected chi connectivity index (χ2v) is 7.76. The number of hydrogen-bond acceptors (Lipinski definition) is 3. The first-order chi connectivity index (χ1) is 8.53. The van der Waals surface area contributed by atoms with Crippen molar-refractivity contribution >= 4 is 11.8 Å². The second kappa shape index (κ2) is 8.44. The highest BCUT2D eigenvalue weighted by molar-refractivity contribution is 7.99. The van der Waals surface area contributed by atoms with Gasteiger partial charge in [-0.3, -0.25) is 4.90 Å². The maximum absolute atomic E-state index is 3.68. The van der Waals surface area contributed by atoms with E-state index in [9.17, 15) is 0 Å². The average Bonchev–Trinajstić information content (AvgIpc) is 2.32. The maximum Gasteiger partial charge on any atom is 0.0220 e. The molecule has 0 aromatic carbocycles. The molecule has 108 valence electrons. The lowest BCUT2D eigenvalue weighted by molar-refractivity contribution is 0.139. The molecule has 3 heteroatoms. The van der Waals surface area contributed by atoms with E-state index in [0.29, 0.717) is 0 Å². The summed E-state index contributed by atoms with van der Waals surface area (Å²) in [4.78, 5) is 2.72. The Morgan fingerprint density at radius 1 is 1.28 bits per heavy atom. The van der Waals surface area contributed by atoms with Crippen LogP contribution in [0.15, 0.2) is 0 Å². The number of thioether (sulfide) groups is 1. The molecule has 2 nitrogen and oxygen atoms in total. The van der Waals surface area contributed by atoms with Gasteiger partial charge in [-0.15, -0.1) is 0 Å². The first-order valence-corrected chi connectivity index (χ1v) is 8.75. The van der Waals surface area contributed by atoms with Gasteiger partial charge in [-0.2, -0.15) is 11.8 Å². The summed E-state index contributed by atoms with van der Waals surface area (Å²) in [6, 6.07) is 0.768. The molecule has 0 radical (unpaired) electrons. The Hall–Kier alpha value is 0.270. The maximum atomic E-state index is 3.68. The molecule has 18 heavy (non-hydrogen) atoms. The number of rotatable bonds is 7. The summed E-state index contributed by atoms with van der Waals surface area (Å²) in [5.41, 5.74) is 0.251. The molecule has 1 N–H and O–H groups in total. The summed E-state index contributed by atoms with van der Waals surface area (Å²) in [6.45, 7) is 12.8. The van der Waals surface area contributed by atoms with E-state index in [1.54, 1.807) is 0 Å². The summed E-state index contributed by atoms with van der Waals surface area (Å²) >= 11 is 2.07. The minimum Gasteiger partial charge on any atom is -0.311 e. The summed E-state index contributed by atoms with van der Waals surface area (Å²) in [5.74, 6) is 2.58. The van der Waals surface area contributed by atoms with Gasteiger partial charge in [-0.25, -0.2) is 0 Å². The molecule has 0 aliphatic carbocycles. The summed E-state index contributed by atoms with van der Waals surface area (Å²) in [5, 5.41) is 3.68. The molecule has 0 bridgehead atoms. The third-order valence-electron chi connectivity index (χ3n) is 3.56. The minimum absolute atomic E-state index is 0.251. The molecule has 1 aliphatic heterocycles. The Balaban J connectivity index is 2.28. The van der Waals surface area contributed by atoms with Crippen molar-refractivity contribution in [3.63, 3.8) is 0 Å². The Kier molecular flexibility index (Phi) is 7.66. The minimum atomic E-state index is 0.251. The molecule has 0 aromatic heterocycles. The Labute approximate surface area is 118 Å². The van der Waals surface area contributed by atoms with Crippen molar-refractivity contribution in [2.75, 3.05) is 31.1 Å². The van der Waals surface area contributed by atoms with Crippen molar-refractivity contribution in [3.8, 4) is 0 Å². The van der Waals surface area contributed by atoms with Crippen LogP contribution < -0.4 is 5.32 Å². The lowest BCUT2D eigenvalue weighted by Gasteiger charge is -2.37. The van der Waals surface area contributed by atoms with Gasteiger partial charge in [0.25, 0.3) is 0 Å². The number of hydrogen-bond donors (Lipinski definition) is 1. The highest BCUT2D eigenvalue weighted by Crippen LogP contribution is 2.18. The van der Waals surface area contributed by atoms with Crippen LogP contribution in [0.3, 0.4) is 0 Å². The fourth-order valence-electron chi connectivity index (χ4n) is 2.52. The number of likely N-dealkylation sites (tertiary alicyclic amines) is 1.